The smallest absolute Gasteiger partial charge is 0.428 e. The van der Waals surface area contributed by atoms with Crippen molar-refractivity contribution in [1.82, 2.24) is 0 Å². The van der Waals surface area contributed by atoms with E-state index >= 15 is 0 Å². The molecule has 4 rings (SSSR count). The summed E-state index contributed by atoms with van der Waals surface area (Å²) in [6, 6.07) is 21.0. The van der Waals surface area contributed by atoms with Gasteiger partial charge >= 0.3 is 16.3 Å². The zero-order valence-corrected chi connectivity index (χ0v) is 23.9. The van der Waals surface area contributed by atoms with Crippen LogP contribution in [0, 0.1) is 29.1 Å². The van der Waals surface area contributed by atoms with Crippen LogP contribution >= 0.6 is 10.3 Å². The van der Waals surface area contributed by atoms with Crippen LogP contribution in [0.4, 0.5) is 26.7 Å². The number of ether oxygens (including phenoxy) is 2. The predicted molar refractivity (Wildman–Crippen MR) is 145 cm³/mol. The third kappa shape index (κ3) is 6.13. The molecular formula is C29H24F5O6S2+. The summed E-state index contributed by atoms with van der Waals surface area (Å²) in [5.74, 6) is -12.4. The minimum atomic E-state index is -5.57. The summed E-state index contributed by atoms with van der Waals surface area (Å²) in [4.78, 5) is 10.7. The third-order valence-electron chi connectivity index (χ3n) is 5.56. The Morgan fingerprint density at radius 3 is 1.48 bits per heavy atom. The number of hydrogen-bond acceptors (Lipinski definition) is 5. The first-order chi connectivity index (χ1) is 19.7. The molecule has 0 saturated carbocycles. The Hall–Kier alpha value is -3.94. The molecule has 222 valence electrons. The molecule has 0 heterocycles. The highest BCUT2D eigenvalue weighted by Gasteiger charge is 2.47. The van der Waals surface area contributed by atoms with Crippen LogP contribution in [0.1, 0.15) is 20.8 Å². The summed E-state index contributed by atoms with van der Waals surface area (Å²) in [7, 11) is -8.96. The van der Waals surface area contributed by atoms with Gasteiger partial charge in [-0.1, -0.05) is 36.4 Å². The second-order valence-corrected chi connectivity index (χ2v) is 14.2. The molecule has 42 heavy (non-hydrogen) atoms. The van der Waals surface area contributed by atoms with Crippen molar-refractivity contribution in [2.45, 2.75) is 46.0 Å². The molecule has 0 aromatic heterocycles. The van der Waals surface area contributed by atoms with Crippen LogP contribution in [0.5, 0.6) is 5.75 Å². The van der Waals surface area contributed by atoms with Gasteiger partial charge < -0.3 is 9.47 Å². The molecule has 0 spiro atoms. The number of hydrogen-bond donors (Lipinski definition) is 0. The van der Waals surface area contributed by atoms with Gasteiger partial charge in [-0.15, -0.1) is 8.42 Å². The normalized spacial score (nSPS) is 12.6. The topological polar surface area (TPSA) is 82.5 Å². The van der Waals surface area contributed by atoms with Crippen molar-refractivity contribution in [1.29, 1.82) is 0 Å². The molecule has 0 radical (unpaired) electrons. The molecule has 0 aliphatic heterocycles. The number of carbonyl (C=O) groups excluding carboxylic acids is 1. The van der Waals surface area contributed by atoms with E-state index in [2.05, 4.69) is 3.63 Å². The van der Waals surface area contributed by atoms with Crippen LogP contribution in [0.2, 0.25) is 0 Å². The van der Waals surface area contributed by atoms with Gasteiger partial charge in [0.15, 0.2) is 23.3 Å². The highest BCUT2D eigenvalue weighted by molar-refractivity contribution is 8.32. The van der Waals surface area contributed by atoms with E-state index in [0.717, 1.165) is 0 Å². The molecule has 4 aromatic rings. The van der Waals surface area contributed by atoms with E-state index in [1.165, 1.54) is 48.5 Å². The molecule has 4 aromatic carbocycles. The minimum absolute atomic E-state index is 0.0186. The first-order valence-corrected chi connectivity index (χ1v) is 15.2. The lowest BCUT2D eigenvalue weighted by atomic mass is 10.2. The maximum Gasteiger partial charge on any atom is 0.514 e. The average Bonchev–Trinajstić information content (AvgIpc) is 2.94. The zero-order valence-electron chi connectivity index (χ0n) is 22.3. The highest BCUT2D eigenvalue weighted by Crippen LogP contribution is 2.68. The number of carbonyl (C=O) groups is 1. The molecule has 0 atom stereocenters. The van der Waals surface area contributed by atoms with Crippen LogP contribution in [0.3, 0.4) is 0 Å². The summed E-state index contributed by atoms with van der Waals surface area (Å²) < 4.78 is 113. The zero-order chi connectivity index (χ0) is 30.9. The Morgan fingerprint density at radius 2 is 1.05 bits per heavy atom. The lowest BCUT2D eigenvalue weighted by molar-refractivity contribution is 0.0206. The Morgan fingerprint density at radius 1 is 0.643 bits per heavy atom. The highest BCUT2D eigenvalue weighted by atomic mass is 32.3. The molecule has 13 heteroatoms. The molecule has 1 N–H and O–H groups in total. The fourth-order valence-electron chi connectivity index (χ4n) is 3.84. The Balaban J connectivity index is 1.94. The fourth-order valence-corrected chi connectivity index (χ4v) is 9.43. The molecule has 0 saturated heterocycles. The summed E-state index contributed by atoms with van der Waals surface area (Å²) in [6.45, 7) is 4.92. The second-order valence-electron chi connectivity index (χ2n) is 9.69. The van der Waals surface area contributed by atoms with E-state index in [1.807, 2.05) is 0 Å². The van der Waals surface area contributed by atoms with E-state index in [1.54, 1.807) is 57.2 Å². The average molecular weight is 628 g/mol. The molecule has 0 amide bonds. The first-order valence-electron chi connectivity index (χ1n) is 12.1. The van der Waals surface area contributed by atoms with Gasteiger partial charge in [0.25, 0.3) is 0 Å². The SMILES string of the molecule is CC(C)(C)OC(=O)Oc1ccc(S([OH+]S(=O)(=O)c2c(F)c(F)c(F)c(F)c2F)(c2ccccc2)c2ccccc2)cc1. The fraction of sp³-hybridized carbons (Fsp3) is 0.138. The quantitative estimate of drug-likeness (QED) is 0.0391. The summed E-state index contributed by atoms with van der Waals surface area (Å²) in [5.41, 5.74) is -0.839. The standard InChI is InChI=1S/C29H23F5O6S2/c1-29(2,3)39-28(35)38-18-14-16-21(17-15-18)41(19-10-6-4-7-11-19,20-12-8-5-9-13-20)40-42(36,37)27-25(33)23(31)22(30)24(32)26(27)34/h4-17H,1-3H3/p+1. The van der Waals surface area contributed by atoms with Crippen LogP contribution in [0.15, 0.2) is 105 Å². The van der Waals surface area contributed by atoms with Crippen LogP contribution in [0.25, 0.3) is 0 Å². The van der Waals surface area contributed by atoms with Gasteiger partial charge in [0.1, 0.15) is 11.4 Å². The second kappa shape index (κ2) is 11.7. The van der Waals surface area contributed by atoms with Gasteiger partial charge in [0, 0.05) is 0 Å². The minimum Gasteiger partial charge on any atom is -0.428 e. The van der Waals surface area contributed by atoms with Crippen LogP contribution < -0.4 is 4.74 Å². The van der Waals surface area contributed by atoms with Gasteiger partial charge in [-0.25, -0.2) is 26.7 Å². The van der Waals surface area contributed by atoms with E-state index in [-0.39, 0.29) is 20.4 Å². The molecule has 0 aliphatic rings. The van der Waals surface area contributed by atoms with E-state index in [4.69, 9.17) is 9.47 Å². The maximum atomic E-state index is 14.8. The first kappa shape index (κ1) is 31.0. The number of benzene rings is 4. The largest absolute Gasteiger partial charge is 0.514 e. The molecular weight excluding hydrogens is 603 g/mol. The van der Waals surface area contributed by atoms with Crippen molar-refractivity contribution in [3.63, 3.8) is 0 Å². The van der Waals surface area contributed by atoms with Crippen molar-refractivity contribution < 1.29 is 48.3 Å². The van der Waals surface area contributed by atoms with Crippen LogP contribution in [-0.2, 0) is 14.9 Å². The monoisotopic (exact) mass is 627 g/mol. The van der Waals surface area contributed by atoms with Crippen molar-refractivity contribution in [3.8, 4) is 5.75 Å². The third-order valence-corrected chi connectivity index (χ3v) is 11.0. The Bertz CT molecular complexity index is 1640. The van der Waals surface area contributed by atoms with E-state index in [0.29, 0.717) is 0 Å². The predicted octanol–water partition coefficient (Wildman–Crippen LogP) is 8.38. The Kier molecular flexibility index (Phi) is 8.67. The van der Waals surface area contributed by atoms with Gasteiger partial charge in [-0.3, -0.25) is 3.63 Å². The lowest BCUT2D eigenvalue weighted by Gasteiger charge is -2.34. The Labute approximate surface area is 240 Å². The van der Waals surface area contributed by atoms with Crippen molar-refractivity contribution in [2.75, 3.05) is 0 Å². The number of halogens is 5. The molecule has 0 bridgehead atoms. The van der Waals surface area contributed by atoms with Gasteiger partial charge in [-0.05, 0) is 69.3 Å². The summed E-state index contributed by atoms with van der Waals surface area (Å²) in [6.07, 6.45) is -1.00. The summed E-state index contributed by atoms with van der Waals surface area (Å²) >= 11 is 0. The lowest BCUT2D eigenvalue weighted by Crippen LogP contribution is -2.26. The van der Waals surface area contributed by atoms with Gasteiger partial charge in [-0.2, -0.15) is 0 Å². The van der Waals surface area contributed by atoms with Crippen LogP contribution in [-0.4, -0.2) is 23.8 Å². The molecule has 0 fully saturated rings. The van der Waals surface area contributed by atoms with Gasteiger partial charge in [0.2, 0.25) is 10.7 Å². The van der Waals surface area contributed by atoms with Crippen molar-refractivity contribution >= 4 is 26.6 Å². The molecule has 0 aliphatic carbocycles. The molecule has 0 unspecified atom stereocenters. The molecule has 6 nitrogen and oxygen atoms in total. The summed E-state index contributed by atoms with van der Waals surface area (Å²) in [5, 5.41) is 0. The van der Waals surface area contributed by atoms with E-state index < -0.39 is 66.2 Å². The van der Waals surface area contributed by atoms with E-state index in [9.17, 15) is 35.2 Å². The maximum absolute atomic E-state index is 14.8. The van der Waals surface area contributed by atoms with Crippen molar-refractivity contribution in [2.24, 2.45) is 0 Å². The van der Waals surface area contributed by atoms with Gasteiger partial charge in [0.05, 0.1) is 25.0 Å². The van der Waals surface area contributed by atoms with Crippen molar-refractivity contribution in [3.05, 3.63) is 114 Å². The number of rotatable bonds is 7.